The van der Waals surface area contributed by atoms with Crippen LogP contribution in [0.1, 0.15) is 0 Å². The molecule has 1 aliphatic carbocycles. The van der Waals surface area contributed by atoms with Crippen LogP contribution in [0, 0.1) is 0 Å². The highest BCUT2D eigenvalue weighted by Gasteiger charge is 2.23. The molecule has 0 spiro atoms. The lowest BCUT2D eigenvalue weighted by molar-refractivity contribution is 0.0225. The molecule has 3 heterocycles. The van der Waals surface area contributed by atoms with Crippen LogP contribution in [0.15, 0.2) is 83.7 Å². The molecule has 6 rings (SSSR count). The van der Waals surface area contributed by atoms with E-state index in [0.717, 1.165) is 59.8 Å². The summed E-state index contributed by atoms with van der Waals surface area (Å²) in [6, 6.07) is 25.5. The molecule has 0 saturated carbocycles. The van der Waals surface area contributed by atoms with Gasteiger partial charge in [0.05, 0.1) is 16.6 Å². The molecule has 0 bridgehead atoms. The fourth-order valence-corrected chi connectivity index (χ4v) is 4.73. The first-order chi connectivity index (χ1) is 17.2. The van der Waals surface area contributed by atoms with E-state index in [1.807, 2.05) is 71.6 Å². The van der Waals surface area contributed by atoms with Crippen LogP contribution in [-0.4, -0.2) is 57.5 Å². The van der Waals surface area contributed by atoms with Crippen LogP contribution >= 0.6 is 0 Å². The van der Waals surface area contributed by atoms with E-state index < -0.39 is 6.35 Å². The minimum Gasteiger partial charge on any atom is -0.369 e. The van der Waals surface area contributed by atoms with Crippen LogP contribution in [0.2, 0.25) is 0 Å². The first kappa shape index (κ1) is 21.4. The Morgan fingerprint density at radius 1 is 0.886 bits per heavy atom. The molecule has 176 valence electrons. The molecule has 1 fully saturated rings. The van der Waals surface area contributed by atoms with Gasteiger partial charge in [-0.1, -0.05) is 42.5 Å². The highest BCUT2D eigenvalue weighted by Crippen LogP contribution is 2.30. The number of para-hydroxylation sites is 1. The maximum Gasteiger partial charge on any atom is 0.260 e. The number of imidazole rings is 1. The van der Waals surface area contributed by atoms with Gasteiger partial charge in [-0.05, 0) is 36.4 Å². The van der Waals surface area contributed by atoms with Gasteiger partial charge in [-0.2, -0.15) is 0 Å². The molecule has 1 unspecified atom stereocenters. The third kappa shape index (κ3) is 4.14. The monoisotopic (exact) mass is 466 g/mol. The Hall–Kier alpha value is -4.14. The summed E-state index contributed by atoms with van der Waals surface area (Å²) in [4.78, 5) is 28.0. The second kappa shape index (κ2) is 8.90. The molecule has 2 aliphatic heterocycles. The second-order valence-corrected chi connectivity index (χ2v) is 8.76. The summed E-state index contributed by atoms with van der Waals surface area (Å²) < 4.78 is 0. The SMILES string of the molecule is O=c1[nH]c2cccccc-2c1-c1nc2ccc(N3CCN(C(O)Nc4ccccc4)CC3)cc2[nH]1. The zero-order valence-electron chi connectivity index (χ0n) is 19.1. The van der Waals surface area contributed by atoms with Crippen molar-refractivity contribution in [1.29, 1.82) is 0 Å². The van der Waals surface area contributed by atoms with Crippen LogP contribution < -0.4 is 15.8 Å². The zero-order valence-corrected chi connectivity index (χ0v) is 19.1. The number of piperazine rings is 1. The summed E-state index contributed by atoms with van der Waals surface area (Å²) in [5.41, 5.74) is 5.74. The fourth-order valence-electron chi connectivity index (χ4n) is 4.73. The van der Waals surface area contributed by atoms with Gasteiger partial charge in [0.2, 0.25) is 0 Å². The van der Waals surface area contributed by atoms with Crippen molar-refractivity contribution in [3.63, 3.8) is 0 Å². The minimum atomic E-state index is -0.726. The Balaban J connectivity index is 1.19. The summed E-state index contributed by atoms with van der Waals surface area (Å²) in [5, 5.41) is 13.7. The number of H-pyrrole nitrogens is 2. The average Bonchev–Trinajstić information content (AvgIpc) is 3.35. The summed E-state index contributed by atoms with van der Waals surface area (Å²) in [6.45, 7) is 3.06. The van der Waals surface area contributed by atoms with Crippen molar-refractivity contribution in [2.75, 3.05) is 36.4 Å². The number of hydrogen-bond donors (Lipinski definition) is 4. The minimum absolute atomic E-state index is 0.149. The fraction of sp³-hybridized carbons (Fsp3) is 0.185. The lowest BCUT2D eigenvalue weighted by atomic mass is 10.1. The highest BCUT2D eigenvalue weighted by atomic mass is 16.3. The Morgan fingerprint density at radius 3 is 2.43 bits per heavy atom. The number of anilines is 2. The van der Waals surface area contributed by atoms with E-state index in [0.29, 0.717) is 11.4 Å². The number of nitrogens with zero attached hydrogens (tertiary/aromatic N) is 3. The number of nitrogens with one attached hydrogen (secondary N) is 3. The molecule has 1 aromatic heterocycles. The number of aromatic nitrogens is 3. The lowest BCUT2D eigenvalue weighted by Gasteiger charge is -2.38. The van der Waals surface area contributed by atoms with Gasteiger partial charge < -0.3 is 25.3 Å². The molecule has 1 atom stereocenters. The van der Waals surface area contributed by atoms with E-state index in [2.05, 4.69) is 32.3 Å². The van der Waals surface area contributed by atoms with Crippen molar-refractivity contribution in [3.8, 4) is 22.6 Å². The first-order valence-corrected chi connectivity index (χ1v) is 11.8. The third-order valence-electron chi connectivity index (χ3n) is 6.58. The van der Waals surface area contributed by atoms with Crippen LogP contribution in [0.4, 0.5) is 11.4 Å². The Bertz CT molecular complexity index is 1490. The highest BCUT2D eigenvalue weighted by molar-refractivity contribution is 5.87. The normalized spacial score (nSPS) is 15.5. The molecular weight excluding hydrogens is 440 g/mol. The Kier molecular flexibility index (Phi) is 5.44. The van der Waals surface area contributed by atoms with E-state index in [1.54, 1.807) is 0 Å². The number of fused-ring (bicyclic) bond motifs is 2. The van der Waals surface area contributed by atoms with E-state index in [4.69, 9.17) is 4.98 Å². The van der Waals surface area contributed by atoms with Gasteiger partial charge in [0, 0.05) is 48.8 Å². The van der Waals surface area contributed by atoms with Crippen molar-refractivity contribution in [2.24, 2.45) is 0 Å². The number of aliphatic hydroxyl groups excluding tert-OH is 1. The average molecular weight is 467 g/mol. The summed E-state index contributed by atoms with van der Waals surface area (Å²) in [5.74, 6) is 0.569. The zero-order chi connectivity index (χ0) is 23.8. The largest absolute Gasteiger partial charge is 0.369 e. The number of aromatic amines is 2. The maximum atomic E-state index is 12.7. The molecule has 2 aromatic carbocycles. The number of hydrogen-bond acceptors (Lipinski definition) is 6. The van der Waals surface area contributed by atoms with Crippen LogP contribution in [0.5, 0.6) is 0 Å². The quantitative estimate of drug-likeness (QED) is 0.296. The topological polar surface area (TPSA) is 100 Å². The Labute approximate surface area is 202 Å². The smallest absolute Gasteiger partial charge is 0.260 e. The number of aliphatic hydroxyl groups is 1. The third-order valence-corrected chi connectivity index (χ3v) is 6.58. The molecule has 8 heteroatoms. The molecule has 0 amide bonds. The molecule has 35 heavy (non-hydrogen) atoms. The molecular formula is C27H26N6O2. The van der Waals surface area contributed by atoms with Gasteiger partial charge in [0.15, 0.2) is 6.35 Å². The van der Waals surface area contributed by atoms with Crippen molar-refractivity contribution in [2.45, 2.75) is 6.35 Å². The first-order valence-electron chi connectivity index (χ1n) is 11.8. The van der Waals surface area contributed by atoms with E-state index in [1.165, 1.54) is 0 Å². The van der Waals surface area contributed by atoms with Crippen molar-refractivity contribution in [1.82, 2.24) is 19.9 Å². The predicted octanol–water partition coefficient (Wildman–Crippen LogP) is 3.53. The van der Waals surface area contributed by atoms with Crippen LogP contribution in [0.25, 0.3) is 33.7 Å². The lowest BCUT2D eigenvalue weighted by Crippen LogP contribution is -2.52. The van der Waals surface area contributed by atoms with Crippen molar-refractivity contribution < 1.29 is 5.11 Å². The van der Waals surface area contributed by atoms with Crippen LogP contribution in [-0.2, 0) is 0 Å². The second-order valence-electron chi connectivity index (χ2n) is 8.76. The molecule has 1 saturated heterocycles. The molecule has 3 aliphatic rings. The standard InChI is InChI=1S/C27H26N6O2/c34-26-24(20-9-5-2-6-10-21(20)31-26)25-29-22-12-11-19(17-23(22)30-25)32-13-15-33(16-14-32)27(35)28-18-7-3-1-4-8-18/h1-12,17,27-28,35H,13-16H2,(H,29,30)(H,31,34). The summed E-state index contributed by atoms with van der Waals surface area (Å²) in [7, 11) is 0. The molecule has 8 nitrogen and oxygen atoms in total. The van der Waals surface area contributed by atoms with Gasteiger partial charge in [-0.25, -0.2) is 4.98 Å². The summed E-state index contributed by atoms with van der Waals surface area (Å²) in [6.07, 6.45) is -0.726. The number of rotatable bonds is 5. The van der Waals surface area contributed by atoms with Gasteiger partial charge in [0.25, 0.3) is 5.56 Å². The van der Waals surface area contributed by atoms with E-state index in [-0.39, 0.29) is 5.56 Å². The van der Waals surface area contributed by atoms with E-state index in [9.17, 15) is 9.90 Å². The van der Waals surface area contributed by atoms with Crippen molar-refractivity contribution >= 4 is 22.4 Å². The predicted molar refractivity (Wildman–Crippen MR) is 139 cm³/mol. The molecule has 4 N–H and O–H groups in total. The molecule has 0 radical (unpaired) electrons. The van der Waals surface area contributed by atoms with E-state index >= 15 is 0 Å². The van der Waals surface area contributed by atoms with Crippen LogP contribution in [0.3, 0.4) is 0 Å². The van der Waals surface area contributed by atoms with Gasteiger partial charge in [-0.15, -0.1) is 0 Å². The van der Waals surface area contributed by atoms with Gasteiger partial charge >= 0.3 is 0 Å². The van der Waals surface area contributed by atoms with Gasteiger partial charge in [-0.3, -0.25) is 9.69 Å². The maximum absolute atomic E-state index is 12.7. The van der Waals surface area contributed by atoms with Crippen molar-refractivity contribution in [3.05, 3.63) is 89.2 Å². The molecule has 3 aromatic rings. The van der Waals surface area contributed by atoms with Gasteiger partial charge in [0.1, 0.15) is 5.82 Å². The Morgan fingerprint density at radius 2 is 1.63 bits per heavy atom. The number of benzene rings is 2. The summed E-state index contributed by atoms with van der Waals surface area (Å²) >= 11 is 0.